The second kappa shape index (κ2) is 4.70. The van der Waals surface area contributed by atoms with Crippen LogP contribution in [0.5, 0.6) is 0 Å². The zero-order valence-corrected chi connectivity index (χ0v) is 6.83. The molecule has 0 radical (unpaired) electrons. The Hall–Kier alpha value is -0.120. The summed E-state index contributed by atoms with van der Waals surface area (Å²) in [5, 5.41) is 8.59. The predicted octanol–water partition coefficient (Wildman–Crippen LogP) is 0.265. The van der Waals surface area contributed by atoms with E-state index in [-0.39, 0.29) is 12.6 Å². The molecule has 0 aromatic rings. The zero-order chi connectivity index (χ0) is 8.10. The number of hydrogen-bond acceptors (Lipinski definition) is 3. The van der Waals surface area contributed by atoms with Gasteiger partial charge in [-0.05, 0) is 25.7 Å². The van der Waals surface area contributed by atoms with Crippen molar-refractivity contribution in [3.8, 4) is 0 Å². The van der Waals surface area contributed by atoms with Gasteiger partial charge in [0, 0.05) is 12.6 Å². The molecule has 3 nitrogen and oxygen atoms in total. The summed E-state index contributed by atoms with van der Waals surface area (Å²) in [6, 6.07) is -0.102. The number of hydrogen-bond donors (Lipinski definition) is 2. The molecule has 1 rings (SSSR count). The lowest BCUT2D eigenvalue weighted by Gasteiger charge is -2.25. The van der Waals surface area contributed by atoms with Crippen LogP contribution >= 0.6 is 0 Å². The SMILES string of the molecule is NC(CO)CCOC1CCC1. The summed E-state index contributed by atoms with van der Waals surface area (Å²) < 4.78 is 5.46. The van der Waals surface area contributed by atoms with Crippen molar-refractivity contribution in [3.05, 3.63) is 0 Å². The van der Waals surface area contributed by atoms with Gasteiger partial charge in [-0.3, -0.25) is 0 Å². The first kappa shape index (κ1) is 8.97. The molecule has 1 atom stereocenters. The van der Waals surface area contributed by atoms with Crippen molar-refractivity contribution in [1.82, 2.24) is 0 Å². The van der Waals surface area contributed by atoms with Gasteiger partial charge in [0.1, 0.15) is 0 Å². The van der Waals surface area contributed by atoms with E-state index in [1.807, 2.05) is 0 Å². The van der Waals surface area contributed by atoms with Gasteiger partial charge in [0.05, 0.1) is 12.7 Å². The smallest absolute Gasteiger partial charge is 0.0583 e. The van der Waals surface area contributed by atoms with Crippen LogP contribution in [-0.2, 0) is 4.74 Å². The Kier molecular flexibility index (Phi) is 3.83. The topological polar surface area (TPSA) is 55.5 Å². The van der Waals surface area contributed by atoms with Crippen LogP contribution in [0.4, 0.5) is 0 Å². The lowest BCUT2D eigenvalue weighted by Crippen LogP contribution is -2.28. The molecule has 1 aliphatic carbocycles. The quantitative estimate of drug-likeness (QED) is 0.605. The molecule has 1 unspecified atom stereocenters. The molecule has 1 fully saturated rings. The second-order valence-corrected chi connectivity index (χ2v) is 3.16. The van der Waals surface area contributed by atoms with E-state index in [0.717, 1.165) is 6.42 Å². The third-order valence-electron chi connectivity index (χ3n) is 2.13. The minimum Gasteiger partial charge on any atom is -0.395 e. The maximum Gasteiger partial charge on any atom is 0.0583 e. The van der Waals surface area contributed by atoms with E-state index in [1.54, 1.807) is 0 Å². The molecule has 0 bridgehead atoms. The number of aliphatic hydroxyl groups is 1. The summed E-state index contributed by atoms with van der Waals surface area (Å²) in [5.74, 6) is 0. The largest absolute Gasteiger partial charge is 0.395 e. The van der Waals surface area contributed by atoms with E-state index in [9.17, 15) is 0 Å². The van der Waals surface area contributed by atoms with Gasteiger partial charge in [0.25, 0.3) is 0 Å². The molecule has 1 aliphatic rings. The molecular formula is C8H17NO2. The maximum atomic E-state index is 8.59. The third-order valence-corrected chi connectivity index (χ3v) is 2.13. The van der Waals surface area contributed by atoms with Crippen LogP contribution in [0.25, 0.3) is 0 Å². The maximum absolute atomic E-state index is 8.59. The van der Waals surface area contributed by atoms with Crippen LogP contribution in [0.3, 0.4) is 0 Å². The predicted molar refractivity (Wildman–Crippen MR) is 43.3 cm³/mol. The van der Waals surface area contributed by atoms with Crippen LogP contribution in [0.15, 0.2) is 0 Å². The third kappa shape index (κ3) is 3.18. The fraction of sp³-hybridized carbons (Fsp3) is 1.00. The van der Waals surface area contributed by atoms with Crippen molar-refractivity contribution in [2.75, 3.05) is 13.2 Å². The molecule has 1 saturated carbocycles. The molecule has 11 heavy (non-hydrogen) atoms. The highest BCUT2D eigenvalue weighted by Crippen LogP contribution is 2.21. The normalized spacial score (nSPS) is 21.3. The summed E-state index contributed by atoms with van der Waals surface area (Å²) in [6.07, 6.45) is 4.97. The summed E-state index contributed by atoms with van der Waals surface area (Å²) in [4.78, 5) is 0. The molecule has 0 spiro atoms. The highest BCUT2D eigenvalue weighted by molar-refractivity contribution is 4.69. The highest BCUT2D eigenvalue weighted by Gasteiger charge is 2.17. The Labute approximate surface area is 67.5 Å². The lowest BCUT2D eigenvalue weighted by atomic mass is 9.96. The fourth-order valence-electron chi connectivity index (χ4n) is 1.01. The van der Waals surface area contributed by atoms with E-state index in [0.29, 0.717) is 12.7 Å². The minimum atomic E-state index is -0.102. The summed E-state index contributed by atoms with van der Waals surface area (Å²) in [5.41, 5.74) is 5.49. The highest BCUT2D eigenvalue weighted by atomic mass is 16.5. The van der Waals surface area contributed by atoms with Gasteiger partial charge in [0.2, 0.25) is 0 Å². The van der Waals surface area contributed by atoms with Crippen molar-refractivity contribution in [2.24, 2.45) is 5.73 Å². The first-order valence-corrected chi connectivity index (χ1v) is 4.31. The average Bonchev–Trinajstić information content (AvgIpc) is 1.94. The van der Waals surface area contributed by atoms with E-state index in [1.165, 1.54) is 19.3 Å². The molecular weight excluding hydrogens is 142 g/mol. The first-order valence-electron chi connectivity index (χ1n) is 4.31. The number of ether oxygens (including phenoxy) is 1. The molecule has 0 saturated heterocycles. The van der Waals surface area contributed by atoms with Crippen molar-refractivity contribution >= 4 is 0 Å². The van der Waals surface area contributed by atoms with Crippen molar-refractivity contribution in [1.29, 1.82) is 0 Å². The Morgan fingerprint density at radius 1 is 1.55 bits per heavy atom. The van der Waals surface area contributed by atoms with Gasteiger partial charge in [-0.15, -0.1) is 0 Å². The average molecular weight is 159 g/mol. The monoisotopic (exact) mass is 159 g/mol. The number of aliphatic hydroxyl groups excluding tert-OH is 1. The van der Waals surface area contributed by atoms with Crippen LogP contribution < -0.4 is 5.73 Å². The molecule has 0 aromatic heterocycles. The van der Waals surface area contributed by atoms with Crippen LogP contribution in [-0.4, -0.2) is 30.5 Å². The van der Waals surface area contributed by atoms with Gasteiger partial charge < -0.3 is 15.6 Å². The summed E-state index contributed by atoms with van der Waals surface area (Å²) >= 11 is 0. The summed E-state index contributed by atoms with van der Waals surface area (Å²) in [6.45, 7) is 0.764. The number of nitrogens with two attached hydrogens (primary N) is 1. The number of rotatable bonds is 5. The molecule has 66 valence electrons. The van der Waals surface area contributed by atoms with Gasteiger partial charge in [-0.1, -0.05) is 0 Å². The Balaban J connectivity index is 1.86. The minimum absolute atomic E-state index is 0.0635. The molecule has 0 aromatic carbocycles. The van der Waals surface area contributed by atoms with Crippen LogP contribution in [0, 0.1) is 0 Å². The second-order valence-electron chi connectivity index (χ2n) is 3.16. The van der Waals surface area contributed by atoms with Crippen LogP contribution in [0.1, 0.15) is 25.7 Å². The molecule has 3 N–H and O–H groups in total. The molecule has 0 amide bonds. The van der Waals surface area contributed by atoms with Gasteiger partial charge in [0.15, 0.2) is 0 Å². The molecule has 0 heterocycles. The van der Waals surface area contributed by atoms with E-state index in [4.69, 9.17) is 15.6 Å². The molecule has 3 heteroatoms. The van der Waals surface area contributed by atoms with E-state index in [2.05, 4.69) is 0 Å². The zero-order valence-electron chi connectivity index (χ0n) is 6.83. The van der Waals surface area contributed by atoms with Crippen LogP contribution in [0.2, 0.25) is 0 Å². The fourth-order valence-corrected chi connectivity index (χ4v) is 1.01. The standard InChI is InChI=1S/C8H17NO2/c9-7(6-10)4-5-11-8-2-1-3-8/h7-8,10H,1-6,9H2. The Morgan fingerprint density at radius 3 is 2.73 bits per heavy atom. The van der Waals surface area contributed by atoms with Crippen molar-refractivity contribution in [2.45, 2.75) is 37.8 Å². The van der Waals surface area contributed by atoms with Crippen molar-refractivity contribution < 1.29 is 9.84 Å². The Morgan fingerprint density at radius 2 is 2.27 bits per heavy atom. The van der Waals surface area contributed by atoms with E-state index < -0.39 is 0 Å². The Bertz CT molecular complexity index is 99.5. The van der Waals surface area contributed by atoms with E-state index >= 15 is 0 Å². The van der Waals surface area contributed by atoms with Gasteiger partial charge >= 0.3 is 0 Å². The lowest BCUT2D eigenvalue weighted by molar-refractivity contribution is -0.00218. The van der Waals surface area contributed by atoms with Gasteiger partial charge in [-0.25, -0.2) is 0 Å². The van der Waals surface area contributed by atoms with Gasteiger partial charge in [-0.2, -0.15) is 0 Å². The van der Waals surface area contributed by atoms with Crippen molar-refractivity contribution in [3.63, 3.8) is 0 Å². The molecule has 0 aliphatic heterocycles. The first-order chi connectivity index (χ1) is 5.33. The summed E-state index contributed by atoms with van der Waals surface area (Å²) in [7, 11) is 0.